The van der Waals surface area contributed by atoms with Crippen LogP contribution in [-0.4, -0.2) is 11.7 Å². The van der Waals surface area contributed by atoms with Gasteiger partial charge in [0, 0.05) is 6.61 Å². The SMILES string of the molecule is CCC(C=CC(C)[C@H]1CC[C@H]2C3=CCC4CCCC[C@]4(C)[C@H]3CC[C@]12C)C(C)CO. The van der Waals surface area contributed by atoms with Gasteiger partial charge in [0.05, 0.1) is 0 Å². The van der Waals surface area contributed by atoms with Crippen LogP contribution in [0, 0.1) is 52.3 Å². The van der Waals surface area contributed by atoms with Gasteiger partial charge in [0.25, 0.3) is 0 Å². The van der Waals surface area contributed by atoms with Crippen LogP contribution >= 0.6 is 0 Å². The lowest BCUT2D eigenvalue weighted by Gasteiger charge is -2.57. The molecular weight excluding hydrogens is 364 g/mol. The highest BCUT2D eigenvalue weighted by Gasteiger charge is 2.57. The minimum Gasteiger partial charge on any atom is -0.396 e. The summed E-state index contributed by atoms with van der Waals surface area (Å²) >= 11 is 0. The number of aliphatic hydroxyl groups excluding tert-OH is 1. The molecule has 0 aromatic heterocycles. The molecular formula is C29H48O. The zero-order valence-electron chi connectivity index (χ0n) is 20.5. The highest BCUT2D eigenvalue weighted by Crippen LogP contribution is 2.66. The van der Waals surface area contributed by atoms with Crippen molar-refractivity contribution in [3.63, 3.8) is 0 Å². The van der Waals surface area contributed by atoms with Crippen molar-refractivity contribution < 1.29 is 5.11 Å². The Balaban J connectivity index is 1.52. The second-order valence-electron chi connectivity index (χ2n) is 12.2. The van der Waals surface area contributed by atoms with Gasteiger partial charge in [0.2, 0.25) is 0 Å². The first-order chi connectivity index (χ1) is 14.3. The Kier molecular flexibility index (Phi) is 6.61. The van der Waals surface area contributed by atoms with E-state index in [2.05, 4.69) is 52.8 Å². The summed E-state index contributed by atoms with van der Waals surface area (Å²) in [5.41, 5.74) is 3.00. The maximum atomic E-state index is 9.58. The number of hydrogen-bond acceptors (Lipinski definition) is 1. The maximum absolute atomic E-state index is 9.58. The van der Waals surface area contributed by atoms with Crippen molar-refractivity contribution in [1.29, 1.82) is 0 Å². The predicted octanol–water partition coefficient (Wildman–Crippen LogP) is 7.80. The molecule has 0 aliphatic heterocycles. The molecule has 1 heteroatoms. The van der Waals surface area contributed by atoms with Crippen LogP contribution in [0.5, 0.6) is 0 Å². The summed E-state index contributed by atoms with van der Waals surface area (Å²) in [6, 6.07) is 0. The van der Waals surface area contributed by atoms with Crippen LogP contribution in [-0.2, 0) is 0 Å². The lowest BCUT2D eigenvalue weighted by atomic mass is 9.48. The van der Waals surface area contributed by atoms with Crippen LogP contribution in [0.2, 0.25) is 0 Å². The molecule has 4 aliphatic carbocycles. The van der Waals surface area contributed by atoms with Crippen molar-refractivity contribution in [2.75, 3.05) is 6.61 Å². The van der Waals surface area contributed by atoms with E-state index in [1.165, 1.54) is 57.8 Å². The van der Waals surface area contributed by atoms with Crippen LogP contribution in [0.25, 0.3) is 0 Å². The fraction of sp³-hybridized carbons (Fsp3) is 0.862. The van der Waals surface area contributed by atoms with Crippen LogP contribution in [0.1, 0.15) is 98.8 Å². The Labute approximate surface area is 186 Å². The Morgan fingerprint density at radius 1 is 1.00 bits per heavy atom. The highest BCUT2D eigenvalue weighted by atomic mass is 16.3. The molecule has 3 fully saturated rings. The Morgan fingerprint density at radius 3 is 2.50 bits per heavy atom. The molecule has 170 valence electrons. The number of fused-ring (bicyclic) bond motifs is 5. The van der Waals surface area contributed by atoms with E-state index in [0.717, 1.165) is 30.1 Å². The average Bonchev–Trinajstić information content (AvgIpc) is 3.10. The minimum absolute atomic E-state index is 0.301. The Morgan fingerprint density at radius 2 is 1.77 bits per heavy atom. The lowest BCUT2D eigenvalue weighted by molar-refractivity contribution is -0.00482. The van der Waals surface area contributed by atoms with Gasteiger partial charge in [-0.3, -0.25) is 0 Å². The molecule has 4 rings (SSSR count). The zero-order chi connectivity index (χ0) is 21.5. The van der Waals surface area contributed by atoms with Gasteiger partial charge in [-0.2, -0.15) is 0 Å². The van der Waals surface area contributed by atoms with Gasteiger partial charge in [0.1, 0.15) is 0 Å². The summed E-state index contributed by atoms with van der Waals surface area (Å²) in [7, 11) is 0. The first-order valence-electron chi connectivity index (χ1n) is 13.3. The quantitative estimate of drug-likeness (QED) is 0.441. The van der Waals surface area contributed by atoms with E-state index in [-0.39, 0.29) is 0 Å². The molecule has 4 unspecified atom stereocenters. The molecule has 0 saturated heterocycles. The summed E-state index contributed by atoms with van der Waals surface area (Å²) in [6.45, 7) is 12.5. The molecule has 0 aromatic carbocycles. The monoisotopic (exact) mass is 412 g/mol. The summed E-state index contributed by atoms with van der Waals surface area (Å²) in [5, 5.41) is 9.58. The van der Waals surface area contributed by atoms with E-state index < -0.39 is 0 Å². The third-order valence-electron chi connectivity index (χ3n) is 10.9. The maximum Gasteiger partial charge on any atom is 0.0462 e. The standard InChI is InChI=1S/C29H48O/c1-6-22(21(3)19-30)11-10-20(2)25-14-15-26-24-13-12-23-9-7-8-17-28(23,4)27(24)16-18-29(25,26)5/h10-11,13,20-23,25-27,30H,6-9,12,14-19H2,1-5H3/t20?,21?,22?,23?,25-,26+,27+,28+,29-/m1/s1. The lowest BCUT2D eigenvalue weighted by Crippen LogP contribution is -2.48. The first-order valence-corrected chi connectivity index (χ1v) is 13.3. The Bertz CT molecular complexity index is 661. The van der Waals surface area contributed by atoms with Crippen LogP contribution < -0.4 is 0 Å². The minimum atomic E-state index is 0.301. The van der Waals surface area contributed by atoms with Gasteiger partial charge in [-0.05, 0) is 104 Å². The normalized spacial score (nSPS) is 44.0. The molecule has 30 heavy (non-hydrogen) atoms. The van der Waals surface area contributed by atoms with E-state index in [9.17, 15) is 5.11 Å². The van der Waals surface area contributed by atoms with E-state index in [1.54, 1.807) is 0 Å². The number of hydrogen-bond donors (Lipinski definition) is 1. The second kappa shape index (κ2) is 8.76. The fourth-order valence-electron chi connectivity index (χ4n) is 8.76. The molecule has 9 atom stereocenters. The molecule has 0 radical (unpaired) electrons. The Hall–Kier alpha value is -0.560. The summed E-state index contributed by atoms with van der Waals surface area (Å²) in [6.07, 6.45) is 21.8. The topological polar surface area (TPSA) is 20.2 Å². The molecule has 1 N–H and O–H groups in total. The molecule has 0 aromatic rings. The molecule has 3 saturated carbocycles. The van der Waals surface area contributed by atoms with Gasteiger partial charge in [-0.1, -0.05) is 71.3 Å². The van der Waals surface area contributed by atoms with E-state index >= 15 is 0 Å². The van der Waals surface area contributed by atoms with Crippen LogP contribution in [0.3, 0.4) is 0 Å². The van der Waals surface area contributed by atoms with Crippen molar-refractivity contribution in [1.82, 2.24) is 0 Å². The van der Waals surface area contributed by atoms with E-state index in [1.807, 2.05) is 5.57 Å². The first kappa shape index (κ1) is 22.6. The molecule has 4 aliphatic rings. The zero-order valence-corrected chi connectivity index (χ0v) is 20.5. The van der Waals surface area contributed by atoms with E-state index in [0.29, 0.717) is 35.2 Å². The largest absolute Gasteiger partial charge is 0.396 e. The van der Waals surface area contributed by atoms with Crippen molar-refractivity contribution in [2.45, 2.75) is 98.8 Å². The number of rotatable bonds is 6. The highest BCUT2D eigenvalue weighted by molar-refractivity contribution is 5.28. The average molecular weight is 413 g/mol. The summed E-state index contributed by atoms with van der Waals surface area (Å²) in [5.74, 6) is 5.05. The summed E-state index contributed by atoms with van der Waals surface area (Å²) in [4.78, 5) is 0. The van der Waals surface area contributed by atoms with Crippen LogP contribution in [0.15, 0.2) is 23.8 Å². The summed E-state index contributed by atoms with van der Waals surface area (Å²) < 4.78 is 0. The molecule has 1 nitrogen and oxygen atoms in total. The van der Waals surface area contributed by atoms with Gasteiger partial charge >= 0.3 is 0 Å². The smallest absolute Gasteiger partial charge is 0.0462 e. The van der Waals surface area contributed by atoms with Crippen molar-refractivity contribution in [3.05, 3.63) is 23.8 Å². The van der Waals surface area contributed by atoms with E-state index in [4.69, 9.17) is 0 Å². The van der Waals surface area contributed by atoms with Crippen molar-refractivity contribution in [3.8, 4) is 0 Å². The third kappa shape index (κ3) is 3.66. The predicted molar refractivity (Wildman–Crippen MR) is 128 cm³/mol. The molecule has 0 amide bonds. The fourth-order valence-corrected chi connectivity index (χ4v) is 8.76. The molecule has 0 spiro atoms. The van der Waals surface area contributed by atoms with Gasteiger partial charge in [0.15, 0.2) is 0 Å². The van der Waals surface area contributed by atoms with Gasteiger partial charge in [-0.25, -0.2) is 0 Å². The third-order valence-corrected chi connectivity index (χ3v) is 10.9. The second-order valence-corrected chi connectivity index (χ2v) is 12.2. The van der Waals surface area contributed by atoms with Crippen molar-refractivity contribution in [2.24, 2.45) is 52.3 Å². The number of allylic oxidation sites excluding steroid dienone is 4. The molecule has 0 bridgehead atoms. The van der Waals surface area contributed by atoms with Gasteiger partial charge in [-0.15, -0.1) is 0 Å². The van der Waals surface area contributed by atoms with Gasteiger partial charge < -0.3 is 5.11 Å². The van der Waals surface area contributed by atoms with Crippen molar-refractivity contribution >= 4 is 0 Å². The number of aliphatic hydroxyl groups is 1. The molecule has 0 heterocycles. The van der Waals surface area contributed by atoms with Crippen LogP contribution in [0.4, 0.5) is 0 Å².